The van der Waals surface area contributed by atoms with Gasteiger partial charge in [0, 0.05) is 11.4 Å². The van der Waals surface area contributed by atoms with E-state index < -0.39 is 39.9 Å². The van der Waals surface area contributed by atoms with Gasteiger partial charge >= 0.3 is 0 Å². The minimum absolute atomic E-state index is 0.00240. The molecule has 0 atom stereocenters. The van der Waals surface area contributed by atoms with Crippen LogP contribution in [-0.4, -0.2) is 14.2 Å². The molecule has 0 heterocycles. The summed E-state index contributed by atoms with van der Waals surface area (Å²) in [5, 5.41) is 0. The third-order valence-corrected chi connectivity index (χ3v) is 9.87. The second-order valence-corrected chi connectivity index (χ2v) is 12.5. The van der Waals surface area contributed by atoms with Crippen molar-refractivity contribution in [3.63, 3.8) is 0 Å². The molecule has 1 aliphatic carbocycles. The van der Waals surface area contributed by atoms with Crippen LogP contribution in [0.3, 0.4) is 0 Å². The third kappa shape index (κ3) is 5.03. The highest BCUT2D eigenvalue weighted by Gasteiger charge is 2.46. The zero-order valence-electron chi connectivity index (χ0n) is 28.2. The van der Waals surface area contributed by atoms with Gasteiger partial charge in [0.25, 0.3) is 0 Å². The molecule has 8 rings (SSSR count). The molecular formula is C45H31F4NO2. The van der Waals surface area contributed by atoms with E-state index in [-0.39, 0.29) is 16.9 Å². The van der Waals surface area contributed by atoms with E-state index in [4.69, 9.17) is 9.47 Å². The lowest BCUT2D eigenvalue weighted by Crippen LogP contribution is -2.28. The van der Waals surface area contributed by atoms with Crippen molar-refractivity contribution >= 4 is 17.1 Å². The van der Waals surface area contributed by atoms with Crippen molar-refractivity contribution in [1.82, 2.24) is 0 Å². The molecule has 0 fully saturated rings. The van der Waals surface area contributed by atoms with Crippen LogP contribution in [-0.2, 0) is 5.41 Å². The highest BCUT2D eigenvalue weighted by molar-refractivity contribution is 5.89. The van der Waals surface area contributed by atoms with Gasteiger partial charge < -0.3 is 14.4 Å². The number of benzene rings is 7. The summed E-state index contributed by atoms with van der Waals surface area (Å²) in [6, 6.07) is 45.3. The molecule has 7 heteroatoms. The molecule has 0 saturated carbocycles. The van der Waals surface area contributed by atoms with E-state index >= 15 is 17.6 Å². The monoisotopic (exact) mass is 693 g/mol. The largest absolute Gasteiger partial charge is 0.497 e. The predicted molar refractivity (Wildman–Crippen MR) is 197 cm³/mol. The van der Waals surface area contributed by atoms with Gasteiger partial charge in [0.1, 0.15) is 17.2 Å². The maximum absolute atomic E-state index is 16.6. The van der Waals surface area contributed by atoms with Crippen LogP contribution in [0, 0.1) is 23.3 Å². The summed E-state index contributed by atoms with van der Waals surface area (Å²) in [5.74, 6) is -5.12. The van der Waals surface area contributed by atoms with Gasteiger partial charge in [-0.3, -0.25) is 0 Å². The first kappa shape index (κ1) is 32.8. The lowest BCUT2D eigenvalue weighted by Gasteiger charge is -2.34. The summed E-state index contributed by atoms with van der Waals surface area (Å²) in [7, 11) is 2.97. The number of hydrogen-bond acceptors (Lipinski definition) is 3. The summed E-state index contributed by atoms with van der Waals surface area (Å²) >= 11 is 0. The third-order valence-electron chi connectivity index (χ3n) is 9.87. The Morgan fingerprint density at radius 2 is 0.923 bits per heavy atom. The van der Waals surface area contributed by atoms with E-state index in [2.05, 4.69) is 6.07 Å². The number of rotatable bonds is 8. The normalized spacial score (nSPS) is 12.6. The van der Waals surface area contributed by atoms with E-state index in [1.165, 1.54) is 20.3 Å². The summed E-state index contributed by atoms with van der Waals surface area (Å²) in [5.41, 5.74) is 3.35. The smallest absolute Gasteiger partial charge is 0.186 e. The molecule has 3 nitrogen and oxygen atoms in total. The standard InChI is InChI=1S/C45H31F4NO2/c1-51-33-22-18-31(19-23-33)50(32-20-24-34(52-2)25-21-32)44-42(48)40(46)39(41(47)43(44)49)28-17-26-36-35-15-9-10-16-37(35)45(38(36)27-28,29-11-5-3-6-12-29)30-13-7-4-8-14-30/h3-27H,1-2H3. The molecule has 0 N–H and O–H groups in total. The van der Waals surface area contributed by atoms with Crippen molar-refractivity contribution in [2.45, 2.75) is 5.41 Å². The van der Waals surface area contributed by atoms with Gasteiger partial charge in [-0.05, 0) is 93.5 Å². The summed E-state index contributed by atoms with van der Waals surface area (Å²) < 4.78 is 77.0. The minimum atomic E-state index is -1.54. The van der Waals surface area contributed by atoms with Crippen LogP contribution in [0.5, 0.6) is 11.5 Å². The molecule has 0 bridgehead atoms. The molecule has 0 aromatic heterocycles. The van der Waals surface area contributed by atoms with E-state index in [9.17, 15) is 0 Å². The number of fused-ring (bicyclic) bond motifs is 3. The van der Waals surface area contributed by atoms with Crippen molar-refractivity contribution in [2.75, 3.05) is 19.1 Å². The van der Waals surface area contributed by atoms with Crippen LogP contribution in [0.2, 0.25) is 0 Å². The highest BCUT2D eigenvalue weighted by atomic mass is 19.2. The predicted octanol–water partition coefficient (Wildman–Crippen LogP) is 11.8. The van der Waals surface area contributed by atoms with Crippen molar-refractivity contribution in [3.05, 3.63) is 197 Å². The molecule has 0 radical (unpaired) electrons. The highest BCUT2D eigenvalue weighted by Crippen LogP contribution is 2.57. The van der Waals surface area contributed by atoms with Crippen molar-refractivity contribution in [2.24, 2.45) is 0 Å². The van der Waals surface area contributed by atoms with Crippen molar-refractivity contribution < 1.29 is 27.0 Å². The first-order chi connectivity index (χ1) is 25.4. The average Bonchev–Trinajstić information content (AvgIpc) is 3.50. The molecule has 1 aliphatic rings. The van der Waals surface area contributed by atoms with Crippen LogP contribution >= 0.6 is 0 Å². The molecule has 0 saturated heterocycles. The second kappa shape index (κ2) is 13.1. The van der Waals surface area contributed by atoms with Gasteiger partial charge in [-0.2, -0.15) is 0 Å². The average molecular weight is 694 g/mol. The van der Waals surface area contributed by atoms with E-state index in [0.29, 0.717) is 11.5 Å². The molecule has 256 valence electrons. The van der Waals surface area contributed by atoms with Crippen LogP contribution in [0.15, 0.2) is 152 Å². The molecule has 0 amide bonds. The lowest BCUT2D eigenvalue weighted by atomic mass is 9.67. The first-order valence-corrected chi connectivity index (χ1v) is 16.7. The second-order valence-electron chi connectivity index (χ2n) is 12.5. The number of ether oxygens (including phenoxy) is 2. The van der Waals surface area contributed by atoms with Crippen molar-refractivity contribution in [1.29, 1.82) is 0 Å². The quantitative estimate of drug-likeness (QED) is 0.117. The fourth-order valence-electron chi connectivity index (χ4n) is 7.54. The SMILES string of the molecule is COc1ccc(N(c2ccc(OC)cc2)c2c(F)c(F)c(-c3ccc4c(c3)C(c3ccccc3)(c3ccccc3)c3ccccc3-4)c(F)c2F)cc1. The fourth-order valence-corrected chi connectivity index (χ4v) is 7.54. The van der Waals surface area contributed by atoms with Gasteiger partial charge in [-0.15, -0.1) is 0 Å². The molecule has 52 heavy (non-hydrogen) atoms. The van der Waals surface area contributed by atoms with Crippen LogP contribution in [0.25, 0.3) is 22.3 Å². The van der Waals surface area contributed by atoms with E-state index in [1.54, 1.807) is 60.7 Å². The van der Waals surface area contributed by atoms with Crippen LogP contribution in [0.1, 0.15) is 22.3 Å². The zero-order chi connectivity index (χ0) is 36.0. The van der Waals surface area contributed by atoms with E-state index in [1.807, 2.05) is 78.9 Å². The Kier molecular flexibility index (Phi) is 8.26. The summed E-state index contributed by atoms with van der Waals surface area (Å²) in [4.78, 5) is 1.13. The summed E-state index contributed by atoms with van der Waals surface area (Å²) in [6.07, 6.45) is 0. The molecule has 0 unspecified atom stereocenters. The Balaban J connectivity index is 1.36. The Morgan fingerprint density at radius 3 is 1.42 bits per heavy atom. The molecular weight excluding hydrogens is 662 g/mol. The minimum Gasteiger partial charge on any atom is -0.497 e. The van der Waals surface area contributed by atoms with Crippen molar-refractivity contribution in [3.8, 4) is 33.8 Å². The summed E-state index contributed by atoms with van der Waals surface area (Å²) in [6.45, 7) is 0. The number of anilines is 3. The number of hydrogen-bond donors (Lipinski definition) is 0. The van der Waals surface area contributed by atoms with E-state index in [0.717, 1.165) is 38.3 Å². The Bertz CT molecular complexity index is 2300. The molecule has 0 aliphatic heterocycles. The maximum atomic E-state index is 16.6. The molecule has 0 spiro atoms. The Labute approximate surface area is 299 Å². The topological polar surface area (TPSA) is 21.7 Å². The van der Waals surface area contributed by atoms with Gasteiger partial charge in [-0.1, -0.05) is 97.1 Å². The Hall–Kier alpha value is -6.34. The Morgan fingerprint density at radius 1 is 0.462 bits per heavy atom. The number of halogens is 4. The number of methoxy groups -OCH3 is 2. The van der Waals surface area contributed by atoms with Gasteiger partial charge in [0.2, 0.25) is 0 Å². The number of nitrogens with zero attached hydrogens (tertiary/aromatic N) is 1. The van der Waals surface area contributed by atoms with Gasteiger partial charge in [0.15, 0.2) is 23.3 Å². The fraction of sp³-hybridized carbons (Fsp3) is 0.0667. The maximum Gasteiger partial charge on any atom is 0.186 e. The van der Waals surface area contributed by atoms with Crippen LogP contribution in [0.4, 0.5) is 34.6 Å². The molecule has 7 aromatic carbocycles. The van der Waals surface area contributed by atoms with Crippen LogP contribution < -0.4 is 14.4 Å². The molecule has 7 aromatic rings. The lowest BCUT2D eigenvalue weighted by molar-refractivity contribution is 0.415. The first-order valence-electron chi connectivity index (χ1n) is 16.7. The van der Waals surface area contributed by atoms with Gasteiger partial charge in [-0.25, -0.2) is 17.6 Å². The van der Waals surface area contributed by atoms with Gasteiger partial charge in [0.05, 0.1) is 25.2 Å². The zero-order valence-corrected chi connectivity index (χ0v) is 28.2.